The molecule has 10 aliphatic rings. The number of carbonyl (C=O) groups is 6. The highest BCUT2D eigenvalue weighted by Gasteiger charge is 2.82. The third-order valence-electron chi connectivity index (χ3n) is 23.2. The van der Waals surface area contributed by atoms with Crippen LogP contribution in [0.2, 0.25) is 0 Å². The summed E-state index contributed by atoms with van der Waals surface area (Å²) in [5.74, 6) is -8.52. The Balaban J connectivity index is 0.000000173. The Hall–Kier alpha value is -5.31. The molecule has 0 radical (unpaired) electrons. The van der Waals surface area contributed by atoms with Gasteiger partial charge in [0.1, 0.15) is 37.6 Å². The second kappa shape index (κ2) is 23.1. The van der Waals surface area contributed by atoms with E-state index in [1.165, 1.54) is 74.5 Å². The SMILES string of the molecule is CCOC(=O)C1NC[C@]2(C(=O)CO)[C@H]1C[C@H]1[C@@H]3C[C@H](F)C4=CC(=O)C=C[C@]4(C)[C@@]3(F)[C@@H](O)C[C@@]12C.CCOC(=O)C1[C@@H]2C[C@H]3[C@@H]4C[C@H](F)C5=CC(=O)C=C[C@]5(C)[C@@]4(F)[C@@H](O)C[C@]3(C)[C@]2(C(=O)CO)CN1S(=O)(=O)c1ccccc1.O=S(=O)(Cl)c1ccccc1. The number of ether oxygens (including phenoxy) is 2. The van der Waals surface area contributed by atoms with E-state index in [0.29, 0.717) is 0 Å². The fourth-order valence-corrected chi connectivity index (χ4v) is 21.7. The smallest absolute Gasteiger partial charge is 0.324 e. The van der Waals surface area contributed by atoms with E-state index >= 15 is 17.6 Å². The summed E-state index contributed by atoms with van der Waals surface area (Å²) in [7, 11) is -2.87. The van der Waals surface area contributed by atoms with Gasteiger partial charge in [-0.3, -0.25) is 28.8 Å². The highest BCUT2D eigenvalue weighted by molar-refractivity contribution is 8.13. The molecule has 0 amide bonds. The Bertz CT molecular complexity index is 3600. The third-order valence-corrected chi connectivity index (χ3v) is 26.4. The van der Waals surface area contributed by atoms with Crippen LogP contribution in [0.1, 0.15) is 80.1 Å². The molecule has 0 bridgehead atoms. The lowest BCUT2D eigenvalue weighted by Gasteiger charge is -2.63. The number of allylic oxidation sites excluding steroid dienone is 8. The van der Waals surface area contributed by atoms with Gasteiger partial charge in [-0.25, -0.2) is 34.4 Å². The van der Waals surface area contributed by atoms with Crippen LogP contribution in [-0.4, -0.2) is 164 Å². The second-order valence-electron chi connectivity index (χ2n) is 26.4. The van der Waals surface area contributed by atoms with Crippen LogP contribution in [0.15, 0.2) is 118 Å². The summed E-state index contributed by atoms with van der Waals surface area (Å²) in [6.07, 6.45) is -0.0574. The minimum absolute atomic E-state index is 0.0387. The number of ketones is 4. The zero-order chi connectivity index (χ0) is 65.2. The van der Waals surface area contributed by atoms with Crippen molar-refractivity contribution in [2.24, 2.45) is 68.0 Å². The average Bonchev–Trinajstić information content (AvgIpc) is 1.57. The molecule has 8 aliphatic carbocycles. The number of carbonyl (C=O) groups excluding carboxylic acids is 6. The Morgan fingerprint density at radius 2 is 1.06 bits per heavy atom. The number of Topliss-reactive ketones (excluding diaryl/α,β-unsaturated/α-hetero) is 2. The van der Waals surface area contributed by atoms with E-state index in [4.69, 9.17) is 20.2 Å². The van der Waals surface area contributed by atoms with Crippen LogP contribution in [-0.2, 0) is 57.3 Å². The zero-order valence-electron chi connectivity index (χ0n) is 50.0. The number of hydrogen-bond donors (Lipinski definition) is 5. The fraction of sp³-hybridized carbons (Fsp3) is 0.594. The summed E-state index contributed by atoms with van der Waals surface area (Å²) in [6, 6.07) is 13.0. The first-order chi connectivity index (χ1) is 41.7. The van der Waals surface area contributed by atoms with Crippen molar-refractivity contribution in [1.82, 2.24) is 9.62 Å². The molecule has 20 atom stereocenters. The predicted molar refractivity (Wildman–Crippen MR) is 313 cm³/mol. The molecule has 5 N–H and O–H groups in total. The molecule has 2 heterocycles. The van der Waals surface area contributed by atoms with Crippen LogP contribution >= 0.6 is 10.7 Å². The lowest BCUT2D eigenvalue weighted by Crippen LogP contribution is -2.69. The number of fused-ring (bicyclic) bond motifs is 14. The normalized spacial score (nSPS) is 42.2. The molecular weight excluding hydrogens is 1230 g/mol. The van der Waals surface area contributed by atoms with Gasteiger partial charge in [0, 0.05) is 52.4 Å². The maximum absolute atomic E-state index is 17.7. The van der Waals surface area contributed by atoms with E-state index in [1.54, 1.807) is 45.0 Å². The van der Waals surface area contributed by atoms with Crippen molar-refractivity contribution in [3.05, 3.63) is 108 Å². The van der Waals surface area contributed by atoms with E-state index < -0.39 is 190 Å². The molecule has 2 aliphatic heterocycles. The van der Waals surface area contributed by atoms with Gasteiger partial charge in [-0.1, -0.05) is 62.4 Å². The van der Waals surface area contributed by atoms with Gasteiger partial charge < -0.3 is 35.2 Å². The molecular formula is C64H75ClF4N2O16S2. The van der Waals surface area contributed by atoms with E-state index in [9.17, 15) is 66.0 Å². The first-order valence-corrected chi connectivity index (χ1v) is 33.8. The summed E-state index contributed by atoms with van der Waals surface area (Å²) in [4.78, 5) is 78.0. The summed E-state index contributed by atoms with van der Waals surface area (Å²) in [5.41, 5.74) is -13.1. The molecule has 0 spiro atoms. The summed E-state index contributed by atoms with van der Waals surface area (Å²) in [6.45, 7) is 7.65. The van der Waals surface area contributed by atoms with E-state index in [-0.39, 0.29) is 79.2 Å². The van der Waals surface area contributed by atoms with Crippen LogP contribution in [0.25, 0.3) is 0 Å². The summed E-state index contributed by atoms with van der Waals surface area (Å²) < 4.78 is 127. The molecule has 8 fully saturated rings. The molecule has 25 heteroatoms. The van der Waals surface area contributed by atoms with Crippen molar-refractivity contribution in [1.29, 1.82) is 0 Å². The number of sulfonamides is 1. The number of alkyl halides is 4. The first-order valence-electron chi connectivity index (χ1n) is 30.0. The van der Waals surface area contributed by atoms with Crippen molar-refractivity contribution < 1.29 is 93.1 Å². The number of halogens is 5. The second-order valence-corrected chi connectivity index (χ2v) is 30.9. The summed E-state index contributed by atoms with van der Waals surface area (Å²) >= 11 is 0. The average molecular weight is 1300 g/mol. The van der Waals surface area contributed by atoms with Gasteiger partial charge in [0.25, 0.3) is 9.05 Å². The number of aliphatic hydroxyl groups excluding tert-OH is 4. The molecule has 89 heavy (non-hydrogen) atoms. The molecule has 2 unspecified atom stereocenters. The molecule has 2 saturated heterocycles. The van der Waals surface area contributed by atoms with Crippen LogP contribution < -0.4 is 5.32 Å². The van der Waals surface area contributed by atoms with Crippen LogP contribution in [0, 0.1) is 68.0 Å². The highest BCUT2D eigenvalue weighted by atomic mass is 35.7. The van der Waals surface area contributed by atoms with Crippen molar-refractivity contribution in [2.75, 3.05) is 39.5 Å². The minimum Gasteiger partial charge on any atom is -0.465 e. The Labute approximate surface area is 518 Å². The number of hydrogen-bond acceptors (Lipinski definition) is 17. The standard InChI is InChI=1S/C32H37F2NO8S.C26H33F2NO6.C6H5ClO2S/c1-4-43-28(40)27-23-13-20-21-14-24(33)22-12-18(37)10-11-29(22,2)32(21,34)25(38)15-30(20,3)31(23,26(39)16-36)17-35(27)44(41,42)19-8-6-5-7-9-19;1-4-35-22(34)21-17-8-14-15-9-18(27)16-7-13(31)5-6-23(16,2)26(15,28)19(32)10-24(14,3)25(17,12-29-21)20(33)11-30;7-10(8,9)6-4-2-1-3-5-6/h5-12,20-21,23-25,27,36,38H,4,13-17H2,1-3H3;5-7,14-15,17-19,21,29-30,32H,4,8-12H2,1-3H3;1-5H/t20-,21-,23-,24-,25-,27?,29-,30-,31+,32-;14-,15-,17-,18-,19-,21?,23-,24-,25+,26-;/m00./s1. The van der Waals surface area contributed by atoms with Gasteiger partial charge in [0.15, 0.2) is 34.5 Å². The van der Waals surface area contributed by atoms with Crippen molar-refractivity contribution in [3.8, 4) is 0 Å². The molecule has 484 valence electrons. The van der Waals surface area contributed by atoms with Gasteiger partial charge in [0.2, 0.25) is 10.0 Å². The van der Waals surface area contributed by atoms with Gasteiger partial charge in [-0.05, 0) is 155 Å². The summed E-state index contributed by atoms with van der Waals surface area (Å²) in [5, 5.41) is 46.6. The van der Waals surface area contributed by atoms with Crippen LogP contribution in [0.5, 0.6) is 0 Å². The lowest BCUT2D eigenvalue weighted by atomic mass is 9.43. The number of nitrogens with one attached hydrogen (secondary N) is 1. The monoisotopic (exact) mass is 1300 g/mol. The van der Waals surface area contributed by atoms with E-state index in [0.717, 1.165) is 16.5 Å². The maximum atomic E-state index is 17.7. The molecule has 6 saturated carbocycles. The Morgan fingerprint density at radius 3 is 1.49 bits per heavy atom. The fourth-order valence-electron chi connectivity index (χ4n) is 19.3. The van der Waals surface area contributed by atoms with Gasteiger partial charge >= 0.3 is 11.9 Å². The number of nitrogens with zero attached hydrogens (tertiary/aromatic N) is 1. The van der Waals surface area contributed by atoms with Crippen molar-refractivity contribution in [2.45, 2.75) is 138 Å². The number of esters is 2. The predicted octanol–water partition coefficient (Wildman–Crippen LogP) is 5.94. The quantitative estimate of drug-likeness (QED) is 0.0988. The Kier molecular flexibility index (Phi) is 17.3. The van der Waals surface area contributed by atoms with Crippen molar-refractivity contribution in [3.63, 3.8) is 0 Å². The number of rotatable bonds is 11. The minimum atomic E-state index is -4.37. The zero-order valence-corrected chi connectivity index (χ0v) is 52.4. The van der Waals surface area contributed by atoms with Crippen molar-refractivity contribution >= 4 is 64.8 Å². The molecule has 2 aromatic carbocycles. The van der Waals surface area contributed by atoms with E-state index in [1.807, 2.05) is 6.92 Å². The molecule has 12 rings (SSSR count). The molecule has 18 nitrogen and oxygen atoms in total. The lowest BCUT2D eigenvalue weighted by molar-refractivity contribution is -0.211. The Morgan fingerprint density at radius 1 is 0.629 bits per heavy atom. The molecule has 0 aromatic heterocycles. The maximum Gasteiger partial charge on any atom is 0.324 e. The number of benzene rings is 2. The van der Waals surface area contributed by atoms with Crippen LogP contribution in [0.3, 0.4) is 0 Å². The first kappa shape index (κ1) is 66.6. The van der Waals surface area contributed by atoms with Gasteiger partial charge in [-0.15, -0.1) is 0 Å². The van der Waals surface area contributed by atoms with Gasteiger partial charge in [0.05, 0.1) is 46.0 Å². The van der Waals surface area contributed by atoms with Gasteiger partial charge in [-0.2, -0.15) is 4.31 Å². The highest BCUT2D eigenvalue weighted by Crippen LogP contribution is 2.77. The van der Waals surface area contributed by atoms with Crippen LogP contribution in [0.4, 0.5) is 17.6 Å². The topological polar surface area (TPSA) is 285 Å². The van der Waals surface area contributed by atoms with E-state index in [2.05, 4.69) is 5.32 Å². The molecule has 2 aromatic rings. The number of aliphatic hydroxyl groups is 4. The third kappa shape index (κ3) is 9.37. The largest absolute Gasteiger partial charge is 0.465 e.